The van der Waals surface area contributed by atoms with E-state index in [9.17, 15) is 14.4 Å². The van der Waals surface area contributed by atoms with E-state index in [0.717, 1.165) is 89.9 Å². The highest BCUT2D eigenvalue weighted by molar-refractivity contribution is 5.71. The van der Waals surface area contributed by atoms with Crippen molar-refractivity contribution in [2.45, 2.75) is 386 Å². The Balaban J connectivity index is 4.28. The second-order valence-electron chi connectivity index (χ2n) is 24.5. The van der Waals surface area contributed by atoms with Gasteiger partial charge in [-0.2, -0.15) is 0 Å². The minimum absolute atomic E-state index is 0.0783. The van der Waals surface area contributed by atoms with Crippen molar-refractivity contribution in [3.8, 4) is 0 Å². The molecule has 83 heavy (non-hydrogen) atoms. The molecule has 0 rings (SSSR count). The largest absolute Gasteiger partial charge is 0.462 e. The second-order valence-corrected chi connectivity index (χ2v) is 24.5. The molecule has 0 aromatic heterocycles. The number of carbonyl (C=O) groups excluding carboxylic acids is 3. The van der Waals surface area contributed by atoms with Gasteiger partial charge in [0.05, 0.1) is 0 Å². The minimum atomic E-state index is -0.784. The predicted octanol–water partition coefficient (Wildman–Crippen LogP) is 25.2. The molecule has 0 aromatic carbocycles. The highest BCUT2D eigenvalue weighted by Gasteiger charge is 2.19. The molecular weight excluding hydrogens is 1020 g/mol. The molecule has 0 aromatic rings. The summed E-state index contributed by atoms with van der Waals surface area (Å²) in [7, 11) is 0. The lowest BCUT2D eigenvalue weighted by Crippen LogP contribution is -2.30. The van der Waals surface area contributed by atoms with E-state index in [-0.39, 0.29) is 31.1 Å². The SMILES string of the molecule is CCCCC/C=C\C/C=C\CCCCCCCC(=O)OCC(COC(=O)CCCCCCCCCCCCCCCC/C=C\C/C=C\C/C=C\CCCCCCC)OC(=O)CCCCCCCCCCC/C=C\CCCCCCCCCC. The van der Waals surface area contributed by atoms with Crippen LogP contribution in [0.3, 0.4) is 0 Å². The monoisotopic (exact) mass is 1160 g/mol. The fraction of sp³-hybridized carbons (Fsp3) is 0.805. The molecule has 0 N–H and O–H groups in total. The van der Waals surface area contributed by atoms with Crippen LogP contribution in [-0.2, 0) is 28.6 Å². The summed E-state index contributed by atoms with van der Waals surface area (Å²) in [6.45, 7) is 6.64. The fourth-order valence-electron chi connectivity index (χ4n) is 10.7. The molecule has 0 fully saturated rings. The Morgan fingerprint density at radius 1 is 0.241 bits per heavy atom. The lowest BCUT2D eigenvalue weighted by molar-refractivity contribution is -0.167. The zero-order valence-electron chi connectivity index (χ0n) is 55.5. The van der Waals surface area contributed by atoms with Crippen molar-refractivity contribution in [2.75, 3.05) is 13.2 Å². The van der Waals surface area contributed by atoms with Crippen molar-refractivity contribution in [3.63, 3.8) is 0 Å². The van der Waals surface area contributed by atoms with Crippen LogP contribution in [-0.4, -0.2) is 37.2 Å². The van der Waals surface area contributed by atoms with Crippen molar-refractivity contribution in [1.82, 2.24) is 0 Å². The molecule has 0 spiro atoms. The van der Waals surface area contributed by atoms with Gasteiger partial charge < -0.3 is 14.2 Å². The average molecular weight is 1160 g/mol. The first-order chi connectivity index (χ1) is 41.0. The maximum absolute atomic E-state index is 13.0. The first kappa shape index (κ1) is 79.8. The van der Waals surface area contributed by atoms with Gasteiger partial charge in [-0.1, -0.05) is 318 Å². The zero-order chi connectivity index (χ0) is 59.9. The molecule has 0 aliphatic heterocycles. The Morgan fingerprint density at radius 2 is 0.434 bits per heavy atom. The normalized spacial score (nSPS) is 12.5. The number of hydrogen-bond acceptors (Lipinski definition) is 6. The van der Waals surface area contributed by atoms with E-state index in [2.05, 4.69) is 93.7 Å². The molecular formula is C77H138O6. The smallest absolute Gasteiger partial charge is 0.306 e. The van der Waals surface area contributed by atoms with Gasteiger partial charge in [-0.3, -0.25) is 14.4 Å². The summed E-state index contributed by atoms with van der Waals surface area (Å²) in [6.07, 6.45) is 93.6. The van der Waals surface area contributed by atoms with Crippen LogP contribution in [0.5, 0.6) is 0 Å². The van der Waals surface area contributed by atoms with Gasteiger partial charge in [-0.25, -0.2) is 0 Å². The summed E-state index contributed by atoms with van der Waals surface area (Å²) in [5, 5.41) is 0. The number of unbranched alkanes of at least 4 members (excludes halogenated alkanes) is 44. The van der Waals surface area contributed by atoms with Crippen LogP contribution in [0.4, 0.5) is 0 Å². The molecule has 0 aliphatic rings. The van der Waals surface area contributed by atoms with E-state index < -0.39 is 6.10 Å². The maximum Gasteiger partial charge on any atom is 0.306 e. The molecule has 0 amide bonds. The molecule has 6 nitrogen and oxygen atoms in total. The molecule has 6 heteroatoms. The third-order valence-electron chi connectivity index (χ3n) is 16.2. The quantitative estimate of drug-likeness (QED) is 0.0261. The topological polar surface area (TPSA) is 78.9 Å². The highest BCUT2D eigenvalue weighted by atomic mass is 16.6. The van der Waals surface area contributed by atoms with E-state index in [1.807, 2.05) is 0 Å². The van der Waals surface area contributed by atoms with Gasteiger partial charge in [0.2, 0.25) is 0 Å². The first-order valence-electron chi connectivity index (χ1n) is 36.4. The van der Waals surface area contributed by atoms with Gasteiger partial charge in [0.25, 0.3) is 0 Å². The van der Waals surface area contributed by atoms with Crippen molar-refractivity contribution in [3.05, 3.63) is 72.9 Å². The molecule has 0 heterocycles. The summed E-state index contributed by atoms with van der Waals surface area (Å²) < 4.78 is 17.0. The molecule has 482 valence electrons. The fourth-order valence-corrected chi connectivity index (χ4v) is 10.7. The number of carbonyl (C=O) groups is 3. The summed E-state index contributed by atoms with van der Waals surface area (Å²) in [4.78, 5) is 38.5. The van der Waals surface area contributed by atoms with Gasteiger partial charge in [0.1, 0.15) is 13.2 Å². The van der Waals surface area contributed by atoms with Crippen LogP contribution in [0.2, 0.25) is 0 Å². The molecule has 1 unspecified atom stereocenters. The third kappa shape index (κ3) is 69.5. The average Bonchev–Trinajstić information content (AvgIpc) is 3.49. The van der Waals surface area contributed by atoms with Gasteiger partial charge in [-0.15, -0.1) is 0 Å². The Bertz CT molecular complexity index is 1520. The number of esters is 3. The standard InChI is InChI=1S/C77H138O6/c1-4-7-10-13-16-19-22-25-28-30-32-34-35-36-37-38-39-40-41-43-44-46-49-52-55-58-61-64-67-70-76(79)82-73-74(72-81-75(78)69-66-63-60-57-54-51-48-27-24-21-18-15-12-9-6-3)83-77(80)71-68-65-62-59-56-53-50-47-45-42-33-31-29-26-23-20-17-14-11-8-5-2/h18,21-22,25,27,30-33,35-36,48,74H,4-17,19-20,23-24,26,28-29,34,37-47,49-73H2,1-3H3/b21-18-,25-22-,32-30-,33-31-,36-35-,48-27-. The Morgan fingerprint density at radius 3 is 0.711 bits per heavy atom. The summed E-state index contributed by atoms with van der Waals surface area (Å²) in [5.74, 6) is -0.874. The van der Waals surface area contributed by atoms with Gasteiger partial charge in [0.15, 0.2) is 6.10 Å². The number of ether oxygens (including phenoxy) is 3. The Labute approximate surface area is 516 Å². The molecule has 0 aliphatic carbocycles. The van der Waals surface area contributed by atoms with Crippen LogP contribution in [0.15, 0.2) is 72.9 Å². The molecule has 0 radical (unpaired) electrons. The van der Waals surface area contributed by atoms with Crippen LogP contribution in [0.1, 0.15) is 380 Å². The summed E-state index contributed by atoms with van der Waals surface area (Å²) >= 11 is 0. The molecule has 0 saturated heterocycles. The number of rotatable bonds is 67. The van der Waals surface area contributed by atoms with Gasteiger partial charge >= 0.3 is 17.9 Å². The van der Waals surface area contributed by atoms with Gasteiger partial charge in [-0.05, 0) is 116 Å². The zero-order valence-corrected chi connectivity index (χ0v) is 55.5. The van der Waals surface area contributed by atoms with Crippen molar-refractivity contribution >= 4 is 17.9 Å². The predicted molar refractivity (Wildman–Crippen MR) is 362 cm³/mol. The van der Waals surface area contributed by atoms with Crippen molar-refractivity contribution in [1.29, 1.82) is 0 Å². The lowest BCUT2D eigenvalue weighted by atomic mass is 10.0. The molecule has 0 saturated carbocycles. The number of allylic oxidation sites excluding steroid dienone is 12. The van der Waals surface area contributed by atoms with E-state index in [0.29, 0.717) is 19.3 Å². The second kappa shape index (κ2) is 71.3. The van der Waals surface area contributed by atoms with Gasteiger partial charge in [0, 0.05) is 19.3 Å². The first-order valence-corrected chi connectivity index (χ1v) is 36.4. The van der Waals surface area contributed by atoms with Crippen LogP contribution in [0, 0.1) is 0 Å². The molecule has 1 atom stereocenters. The Kier molecular flexibility index (Phi) is 68.6. The summed E-state index contributed by atoms with van der Waals surface area (Å²) in [5.41, 5.74) is 0. The lowest BCUT2D eigenvalue weighted by Gasteiger charge is -2.18. The highest BCUT2D eigenvalue weighted by Crippen LogP contribution is 2.17. The molecule has 0 bridgehead atoms. The summed E-state index contributed by atoms with van der Waals surface area (Å²) in [6, 6.07) is 0. The van der Waals surface area contributed by atoms with E-state index in [4.69, 9.17) is 14.2 Å². The Hall–Kier alpha value is -3.15. The van der Waals surface area contributed by atoms with Crippen LogP contribution < -0.4 is 0 Å². The number of hydrogen-bond donors (Lipinski definition) is 0. The van der Waals surface area contributed by atoms with Crippen molar-refractivity contribution in [2.24, 2.45) is 0 Å². The van der Waals surface area contributed by atoms with E-state index in [1.165, 1.54) is 250 Å². The third-order valence-corrected chi connectivity index (χ3v) is 16.2. The van der Waals surface area contributed by atoms with E-state index in [1.54, 1.807) is 0 Å². The van der Waals surface area contributed by atoms with Crippen molar-refractivity contribution < 1.29 is 28.6 Å². The maximum atomic E-state index is 13.0. The minimum Gasteiger partial charge on any atom is -0.462 e. The van der Waals surface area contributed by atoms with Crippen LogP contribution in [0.25, 0.3) is 0 Å². The van der Waals surface area contributed by atoms with Crippen LogP contribution >= 0.6 is 0 Å². The van der Waals surface area contributed by atoms with E-state index >= 15 is 0 Å².